The summed E-state index contributed by atoms with van der Waals surface area (Å²) in [5, 5.41) is 8.05. The van der Waals surface area contributed by atoms with E-state index < -0.39 is 0 Å². The fraction of sp³-hybridized carbons (Fsp3) is 0.444. The van der Waals surface area contributed by atoms with Crippen molar-refractivity contribution in [3.8, 4) is 0 Å². The first-order valence-electron chi connectivity index (χ1n) is 8.00. The minimum atomic E-state index is -0.294. The molecule has 0 amide bonds. The number of benzene rings is 1. The monoisotopic (exact) mass is 313 g/mol. The van der Waals surface area contributed by atoms with Crippen molar-refractivity contribution in [3.05, 3.63) is 52.8 Å². The van der Waals surface area contributed by atoms with E-state index in [1.54, 1.807) is 0 Å². The minimum absolute atomic E-state index is 0.294. The Balaban J connectivity index is 1.76. The van der Waals surface area contributed by atoms with E-state index in [1.807, 2.05) is 36.0 Å². The van der Waals surface area contributed by atoms with Crippen LogP contribution in [0, 0.1) is 6.92 Å². The van der Waals surface area contributed by atoms with Crippen LogP contribution < -0.4 is 5.32 Å². The lowest BCUT2D eigenvalue weighted by Gasteiger charge is -2.30. The quantitative estimate of drug-likeness (QED) is 0.885. The van der Waals surface area contributed by atoms with Crippen molar-refractivity contribution in [3.63, 3.8) is 0 Å². The average molecular weight is 313 g/mol. The van der Waals surface area contributed by atoms with Crippen LogP contribution >= 0.6 is 0 Å². The third-order valence-electron chi connectivity index (χ3n) is 4.63. The van der Waals surface area contributed by atoms with E-state index in [9.17, 15) is 4.79 Å². The summed E-state index contributed by atoms with van der Waals surface area (Å²) >= 11 is 0. The number of hydrogen-bond acceptors (Lipinski definition) is 4. The Labute approximate surface area is 136 Å². The molecule has 23 heavy (non-hydrogen) atoms. The number of ether oxygens (including phenoxy) is 1. The lowest BCUT2D eigenvalue weighted by atomic mass is 9.84. The van der Waals surface area contributed by atoms with Gasteiger partial charge in [0, 0.05) is 19.3 Å². The smallest absolute Gasteiger partial charge is 0.337 e. The van der Waals surface area contributed by atoms with Crippen molar-refractivity contribution in [2.45, 2.75) is 31.7 Å². The third-order valence-corrected chi connectivity index (χ3v) is 4.63. The van der Waals surface area contributed by atoms with Gasteiger partial charge in [-0.05, 0) is 55.5 Å². The normalized spacial score (nSPS) is 21.2. The number of piperidine rings is 1. The van der Waals surface area contributed by atoms with Crippen LogP contribution in [-0.2, 0) is 11.8 Å². The highest BCUT2D eigenvalue weighted by Gasteiger charge is 2.26. The Morgan fingerprint density at radius 3 is 2.70 bits per heavy atom. The van der Waals surface area contributed by atoms with Crippen LogP contribution in [-0.4, -0.2) is 29.4 Å². The Morgan fingerprint density at radius 2 is 2.09 bits per heavy atom. The number of carbonyl (C=O) groups is 1. The maximum Gasteiger partial charge on any atom is 0.337 e. The zero-order chi connectivity index (χ0) is 16.4. The molecule has 2 heterocycles. The van der Waals surface area contributed by atoms with Gasteiger partial charge in [0.25, 0.3) is 0 Å². The van der Waals surface area contributed by atoms with Gasteiger partial charge in [-0.15, -0.1) is 0 Å². The van der Waals surface area contributed by atoms with Crippen molar-refractivity contribution in [2.24, 2.45) is 7.05 Å². The molecule has 0 radical (unpaired) electrons. The van der Waals surface area contributed by atoms with E-state index in [2.05, 4.69) is 23.5 Å². The molecular formula is C18H23N3O2. The predicted molar refractivity (Wildman–Crippen MR) is 88.4 cm³/mol. The van der Waals surface area contributed by atoms with Gasteiger partial charge in [-0.2, -0.15) is 5.10 Å². The molecule has 1 saturated heterocycles. The van der Waals surface area contributed by atoms with Crippen molar-refractivity contribution in [1.29, 1.82) is 0 Å². The minimum Gasteiger partial charge on any atom is -0.465 e. The van der Waals surface area contributed by atoms with Crippen LogP contribution in [0.25, 0.3) is 0 Å². The molecule has 3 rings (SSSR count). The van der Waals surface area contributed by atoms with Crippen LogP contribution in [0.5, 0.6) is 0 Å². The molecule has 2 aromatic rings. The first kappa shape index (κ1) is 15.7. The van der Waals surface area contributed by atoms with Gasteiger partial charge in [0.2, 0.25) is 0 Å². The molecule has 1 N–H and O–H groups in total. The lowest BCUT2D eigenvalue weighted by molar-refractivity contribution is 0.0600. The summed E-state index contributed by atoms with van der Waals surface area (Å²) in [5.74, 6) is 0.229. The fourth-order valence-corrected chi connectivity index (χ4v) is 3.44. The van der Waals surface area contributed by atoms with Gasteiger partial charge >= 0.3 is 5.97 Å². The van der Waals surface area contributed by atoms with Crippen LogP contribution in [0.2, 0.25) is 0 Å². The molecule has 1 fully saturated rings. The molecule has 2 atom stereocenters. The SMILES string of the molecule is COC(=O)c1ccc([C@@H]2CC(c3cn(C)nc3C)CCN2)cc1. The highest BCUT2D eigenvalue weighted by molar-refractivity contribution is 5.89. The van der Waals surface area contributed by atoms with Crippen molar-refractivity contribution in [2.75, 3.05) is 13.7 Å². The molecule has 5 nitrogen and oxygen atoms in total. The molecule has 1 unspecified atom stereocenters. The second kappa shape index (κ2) is 6.54. The van der Waals surface area contributed by atoms with Gasteiger partial charge in [0.05, 0.1) is 18.4 Å². The summed E-state index contributed by atoms with van der Waals surface area (Å²) < 4.78 is 6.64. The van der Waals surface area contributed by atoms with Gasteiger partial charge < -0.3 is 10.1 Å². The van der Waals surface area contributed by atoms with Gasteiger partial charge in [-0.3, -0.25) is 4.68 Å². The van der Waals surface area contributed by atoms with Crippen molar-refractivity contribution in [1.82, 2.24) is 15.1 Å². The van der Waals surface area contributed by atoms with Gasteiger partial charge in [-0.1, -0.05) is 12.1 Å². The lowest BCUT2D eigenvalue weighted by Crippen LogP contribution is -2.31. The standard InChI is InChI=1S/C18H23N3O2/c1-12-16(11-21(2)20-12)15-8-9-19-17(10-15)13-4-6-14(7-5-13)18(22)23-3/h4-7,11,15,17,19H,8-10H2,1-3H3/t15?,17-/m0/s1. The third kappa shape index (κ3) is 3.29. The molecule has 1 aliphatic heterocycles. The maximum atomic E-state index is 11.5. The summed E-state index contributed by atoms with van der Waals surface area (Å²) in [7, 11) is 3.38. The van der Waals surface area contributed by atoms with Gasteiger partial charge in [0.1, 0.15) is 0 Å². The Kier molecular flexibility index (Phi) is 4.48. The number of rotatable bonds is 3. The van der Waals surface area contributed by atoms with E-state index in [-0.39, 0.29) is 5.97 Å². The molecule has 1 aromatic heterocycles. The number of carbonyl (C=O) groups excluding carboxylic acids is 1. The van der Waals surface area contributed by atoms with E-state index in [0.29, 0.717) is 17.5 Å². The molecule has 1 aromatic carbocycles. The number of esters is 1. The topological polar surface area (TPSA) is 56.2 Å². The second-order valence-corrected chi connectivity index (χ2v) is 6.19. The molecule has 0 bridgehead atoms. The average Bonchev–Trinajstić information content (AvgIpc) is 2.93. The van der Waals surface area contributed by atoms with E-state index >= 15 is 0 Å². The number of aryl methyl sites for hydroxylation is 2. The van der Waals surface area contributed by atoms with E-state index in [1.165, 1.54) is 18.2 Å². The largest absolute Gasteiger partial charge is 0.465 e. The Bertz CT molecular complexity index is 691. The zero-order valence-electron chi connectivity index (χ0n) is 13.9. The second-order valence-electron chi connectivity index (χ2n) is 6.19. The highest BCUT2D eigenvalue weighted by atomic mass is 16.5. The molecule has 0 aliphatic carbocycles. The number of aromatic nitrogens is 2. The summed E-state index contributed by atoms with van der Waals surface area (Å²) in [4.78, 5) is 11.5. The van der Waals surface area contributed by atoms with Crippen molar-refractivity contribution < 1.29 is 9.53 Å². The Hall–Kier alpha value is -2.14. The maximum absolute atomic E-state index is 11.5. The first-order chi connectivity index (χ1) is 11.1. The van der Waals surface area contributed by atoms with Crippen LogP contribution in [0.3, 0.4) is 0 Å². The Morgan fingerprint density at radius 1 is 1.35 bits per heavy atom. The summed E-state index contributed by atoms with van der Waals surface area (Å²) in [6.07, 6.45) is 4.32. The molecule has 122 valence electrons. The molecule has 0 spiro atoms. The van der Waals surface area contributed by atoms with Gasteiger partial charge in [0.15, 0.2) is 0 Å². The number of nitrogens with zero attached hydrogens (tertiary/aromatic N) is 2. The zero-order valence-corrected chi connectivity index (χ0v) is 13.9. The van der Waals surface area contributed by atoms with Crippen LogP contribution in [0.15, 0.2) is 30.5 Å². The summed E-state index contributed by atoms with van der Waals surface area (Å²) in [6.45, 7) is 3.07. The molecule has 5 heteroatoms. The van der Waals surface area contributed by atoms with E-state index in [0.717, 1.165) is 25.1 Å². The predicted octanol–water partition coefficient (Wildman–Crippen LogP) is 2.72. The van der Waals surface area contributed by atoms with Crippen LogP contribution in [0.1, 0.15) is 52.0 Å². The summed E-state index contributed by atoms with van der Waals surface area (Å²) in [5.41, 5.74) is 4.28. The fourth-order valence-electron chi connectivity index (χ4n) is 3.44. The molecule has 1 aliphatic rings. The molecular weight excluding hydrogens is 290 g/mol. The van der Waals surface area contributed by atoms with Gasteiger partial charge in [-0.25, -0.2) is 4.79 Å². The number of nitrogens with one attached hydrogen (secondary N) is 1. The first-order valence-corrected chi connectivity index (χ1v) is 8.00. The highest BCUT2D eigenvalue weighted by Crippen LogP contribution is 2.35. The molecule has 0 saturated carbocycles. The van der Waals surface area contributed by atoms with Crippen LogP contribution in [0.4, 0.5) is 0 Å². The number of hydrogen-bond donors (Lipinski definition) is 1. The number of methoxy groups -OCH3 is 1. The summed E-state index contributed by atoms with van der Waals surface area (Å²) in [6, 6.07) is 8.01. The van der Waals surface area contributed by atoms with E-state index in [4.69, 9.17) is 4.74 Å². The van der Waals surface area contributed by atoms with Crippen molar-refractivity contribution >= 4 is 5.97 Å².